The van der Waals surface area contributed by atoms with E-state index in [1.807, 2.05) is 32.0 Å². The maximum Gasteiger partial charge on any atom is 0.258 e. The van der Waals surface area contributed by atoms with Gasteiger partial charge in [-0.05, 0) is 57.7 Å². The predicted octanol–water partition coefficient (Wildman–Crippen LogP) is 1.87. The second kappa shape index (κ2) is 8.14. The molecule has 31 heavy (non-hydrogen) atoms. The molecule has 0 atom stereocenters. The van der Waals surface area contributed by atoms with Crippen LogP contribution in [0.3, 0.4) is 0 Å². The summed E-state index contributed by atoms with van der Waals surface area (Å²) in [6.45, 7) is 3.62. The third-order valence-electron chi connectivity index (χ3n) is 5.98. The van der Waals surface area contributed by atoms with Crippen molar-refractivity contribution in [3.8, 4) is 17.0 Å². The SMILES string of the molecule is CC1(C)/C(=N/OCC(N)=O)c2cc(O[C@H]3CC[C@H](N)CC3)ccc2-c2ncnc(N)c21. The molecule has 0 saturated heterocycles. The fraction of sp³-hybridized carbons (Fsp3) is 0.455. The quantitative estimate of drug-likeness (QED) is 0.620. The minimum Gasteiger partial charge on any atom is -0.490 e. The van der Waals surface area contributed by atoms with Crippen LogP contribution in [-0.2, 0) is 15.0 Å². The summed E-state index contributed by atoms with van der Waals surface area (Å²) in [6.07, 6.45) is 5.36. The van der Waals surface area contributed by atoms with Crippen LogP contribution >= 0.6 is 0 Å². The third kappa shape index (κ3) is 4.05. The first-order valence-corrected chi connectivity index (χ1v) is 10.4. The highest BCUT2D eigenvalue weighted by atomic mass is 16.6. The van der Waals surface area contributed by atoms with Crippen LogP contribution in [0.25, 0.3) is 11.3 Å². The smallest absolute Gasteiger partial charge is 0.258 e. The van der Waals surface area contributed by atoms with E-state index in [1.165, 1.54) is 6.33 Å². The normalized spacial score (nSPS) is 23.0. The Labute approximate surface area is 181 Å². The van der Waals surface area contributed by atoms with Crippen molar-refractivity contribution in [3.63, 3.8) is 0 Å². The summed E-state index contributed by atoms with van der Waals surface area (Å²) < 4.78 is 6.26. The Morgan fingerprint density at radius 1 is 1.19 bits per heavy atom. The number of nitrogen functional groups attached to an aromatic ring is 1. The number of nitrogens with zero attached hydrogens (tertiary/aromatic N) is 3. The van der Waals surface area contributed by atoms with E-state index in [0.29, 0.717) is 11.5 Å². The first-order chi connectivity index (χ1) is 14.8. The van der Waals surface area contributed by atoms with E-state index in [9.17, 15) is 4.79 Å². The lowest BCUT2D eigenvalue weighted by Gasteiger charge is -2.35. The van der Waals surface area contributed by atoms with Crippen LogP contribution in [0.4, 0.5) is 5.82 Å². The van der Waals surface area contributed by atoms with Crippen LogP contribution in [0, 0.1) is 0 Å². The summed E-state index contributed by atoms with van der Waals surface area (Å²) >= 11 is 0. The lowest BCUT2D eigenvalue weighted by atomic mass is 9.70. The van der Waals surface area contributed by atoms with E-state index >= 15 is 0 Å². The molecule has 2 aliphatic rings. The third-order valence-corrected chi connectivity index (χ3v) is 5.98. The van der Waals surface area contributed by atoms with Gasteiger partial charge in [-0.2, -0.15) is 0 Å². The second-order valence-corrected chi connectivity index (χ2v) is 8.65. The largest absolute Gasteiger partial charge is 0.490 e. The maximum atomic E-state index is 11.2. The average Bonchev–Trinajstić information content (AvgIpc) is 2.71. The minimum absolute atomic E-state index is 0.131. The lowest BCUT2D eigenvalue weighted by Crippen LogP contribution is -2.36. The van der Waals surface area contributed by atoms with Gasteiger partial charge in [0, 0.05) is 28.1 Å². The molecule has 2 aliphatic carbocycles. The summed E-state index contributed by atoms with van der Waals surface area (Å²) in [5, 5.41) is 4.29. The standard InChI is InChI=1S/C22H28N6O3/c1-22(2)18-19(26-11-27-21(18)25)15-8-7-14(31-13-5-3-12(23)4-6-13)9-16(15)20(22)28-30-10-17(24)29/h7-9,11-13H,3-6,10,23H2,1-2H3,(H2,24,29)(H2,25,26,27)/b28-20+/t12-,13-. The minimum atomic E-state index is -0.665. The van der Waals surface area contributed by atoms with Crippen LogP contribution < -0.4 is 21.9 Å². The molecule has 2 aromatic rings. The van der Waals surface area contributed by atoms with Crippen molar-refractivity contribution in [2.24, 2.45) is 16.6 Å². The number of aromatic nitrogens is 2. The molecule has 6 N–H and O–H groups in total. The van der Waals surface area contributed by atoms with Crippen molar-refractivity contribution in [2.45, 2.75) is 57.1 Å². The van der Waals surface area contributed by atoms with Crippen molar-refractivity contribution in [2.75, 3.05) is 12.3 Å². The zero-order chi connectivity index (χ0) is 22.2. The van der Waals surface area contributed by atoms with E-state index in [4.69, 9.17) is 26.8 Å². The van der Waals surface area contributed by atoms with Gasteiger partial charge in [0.25, 0.3) is 5.91 Å². The number of hydrogen-bond acceptors (Lipinski definition) is 8. The number of hydrogen-bond donors (Lipinski definition) is 3. The monoisotopic (exact) mass is 424 g/mol. The van der Waals surface area contributed by atoms with Gasteiger partial charge in [0.1, 0.15) is 17.9 Å². The van der Waals surface area contributed by atoms with E-state index in [2.05, 4.69) is 15.1 Å². The van der Waals surface area contributed by atoms with Crippen LogP contribution in [0.5, 0.6) is 5.75 Å². The zero-order valence-corrected chi connectivity index (χ0v) is 17.8. The molecule has 1 amide bonds. The topological polar surface area (TPSA) is 152 Å². The van der Waals surface area contributed by atoms with Crippen LogP contribution in [0.15, 0.2) is 29.7 Å². The van der Waals surface area contributed by atoms with Crippen LogP contribution in [-0.4, -0.2) is 40.3 Å². The number of benzene rings is 1. The van der Waals surface area contributed by atoms with E-state index in [1.54, 1.807) is 0 Å². The number of primary amides is 1. The number of oxime groups is 1. The molecule has 1 heterocycles. The summed E-state index contributed by atoms with van der Waals surface area (Å²) in [5.41, 5.74) is 20.6. The lowest BCUT2D eigenvalue weighted by molar-refractivity contribution is -0.122. The molecule has 0 bridgehead atoms. The Hall–Kier alpha value is -3.20. The van der Waals surface area contributed by atoms with Crippen molar-refractivity contribution < 1.29 is 14.4 Å². The summed E-state index contributed by atoms with van der Waals surface area (Å²) in [5.74, 6) is 0.513. The number of anilines is 1. The highest BCUT2D eigenvalue weighted by Crippen LogP contribution is 2.45. The molecule has 0 aliphatic heterocycles. The molecule has 1 aromatic heterocycles. The number of carbonyl (C=O) groups excluding carboxylic acids is 1. The molecule has 0 radical (unpaired) electrons. The molecule has 4 rings (SSSR count). The average molecular weight is 425 g/mol. The van der Waals surface area contributed by atoms with E-state index in [0.717, 1.165) is 53.8 Å². The van der Waals surface area contributed by atoms with Crippen LogP contribution in [0.1, 0.15) is 50.7 Å². The van der Waals surface area contributed by atoms with Gasteiger partial charge >= 0.3 is 0 Å². The number of carbonyl (C=O) groups is 1. The highest BCUT2D eigenvalue weighted by Gasteiger charge is 2.41. The predicted molar refractivity (Wildman–Crippen MR) is 117 cm³/mol. The number of fused-ring (bicyclic) bond motifs is 3. The Bertz CT molecular complexity index is 1030. The molecule has 164 valence electrons. The molecule has 1 fully saturated rings. The molecule has 0 spiro atoms. The van der Waals surface area contributed by atoms with Crippen LogP contribution in [0.2, 0.25) is 0 Å². The summed E-state index contributed by atoms with van der Waals surface area (Å²) in [6, 6.07) is 6.07. The van der Waals surface area contributed by atoms with Gasteiger partial charge in [0.2, 0.25) is 0 Å². The number of rotatable bonds is 5. The molecule has 1 aromatic carbocycles. The van der Waals surface area contributed by atoms with Gasteiger partial charge in [-0.1, -0.05) is 5.16 Å². The van der Waals surface area contributed by atoms with Gasteiger partial charge in [0.15, 0.2) is 6.61 Å². The Kier molecular flexibility index (Phi) is 5.53. The molecular formula is C22H28N6O3. The molecular weight excluding hydrogens is 396 g/mol. The van der Waals surface area contributed by atoms with Gasteiger partial charge in [-0.3, -0.25) is 4.79 Å². The Morgan fingerprint density at radius 3 is 2.65 bits per heavy atom. The maximum absolute atomic E-state index is 11.2. The van der Waals surface area contributed by atoms with Gasteiger partial charge in [-0.25, -0.2) is 9.97 Å². The highest BCUT2D eigenvalue weighted by molar-refractivity contribution is 6.15. The Balaban J connectivity index is 1.76. The van der Waals surface area contributed by atoms with Crippen molar-refractivity contribution in [3.05, 3.63) is 35.7 Å². The molecule has 0 unspecified atom stereocenters. The number of nitrogens with two attached hydrogens (primary N) is 3. The van der Waals surface area contributed by atoms with Crippen molar-refractivity contribution >= 4 is 17.4 Å². The van der Waals surface area contributed by atoms with E-state index in [-0.39, 0.29) is 18.8 Å². The molecule has 1 saturated carbocycles. The first kappa shape index (κ1) is 21.0. The summed E-state index contributed by atoms with van der Waals surface area (Å²) in [7, 11) is 0. The van der Waals surface area contributed by atoms with E-state index < -0.39 is 11.3 Å². The fourth-order valence-corrected chi connectivity index (χ4v) is 4.40. The first-order valence-electron chi connectivity index (χ1n) is 10.4. The summed E-state index contributed by atoms with van der Waals surface area (Å²) in [4.78, 5) is 25.1. The van der Waals surface area contributed by atoms with Crippen molar-refractivity contribution in [1.29, 1.82) is 0 Å². The van der Waals surface area contributed by atoms with Gasteiger partial charge < -0.3 is 26.8 Å². The van der Waals surface area contributed by atoms with Crippen molar-refractivity contribution in [1.82, 2.24) is 9.97 Å². The zero-order valence-electron chi connectivity index (χ0n) is 17.8. The number of amides is 1. The van der Waals surface area contributed by atoms with Gasteiger partial charge in [-0.15, -0.1) is 0 Å². The molecule has 9 heteroatoms. The fourth-order valence-electron chi connectivity index (χ4n) is 4.40. The Morgan fingerprint density at radius 2 is 1.94 bits per heavy atom. The molecule has 9 nitrogen and oxygen atoms in total. The second-order valence-electron chi connectivity index (χ2n) is 8.65. The van der Waals surface area contributed by atoms with Gasteiger partial charge in [0.05, 0.1) is 17.5 Å². The number of ether oxygens (including phenoxy) is 1.